The molecule has 0 atom stereocenters. The first kappa shape index (κ1) is 13.0. The summed E-state index contributed by atoms with van der Waals surface area (Å²) in [5.41, 5.74) is 1.03. The number of carbonyl (C=O) groups excluding carboxylic acids is 1. The molecule has 5 heteroatoms. The van der Waals surface area contributed by atoms with Gasteiger partial charge in [0, 0.05) is 20.1 Å². The van der Waals surface area contributed by atoms with Gasteiger partial charge in [-0.05, 0) is 5.56 Å². The van der Waals surface area contributed by atoms with E-state index in [2.05, 4.69) is 5.32 Å². The highest BCUT2D eigenvalue weighted by molar-refractivity contribution is 5.74. The van der Waals surface area contributed by atoms with Crippen molar-refractivity contribution in [2.45, 2.75) is 13.0 Å². The maximum Gasteiger partial charge on any atom is 0.317 e. The summed E-state index contributed by atoms with van der Waals surface area (Å²) < 4.78 is 0. The highest BCUT2D eigenvalue weighted by Gasteiger charge is 2.08. The van der Waals surface area contributed by atoms with Crippen LogP contribution in [0.1, 0.15) is 12.0 Å². The van der Waals surface area contributed by atoms with Gasteiger partial charge in [0.2, 0.25) is 0 Å². The van der Waals surface area contributed by atoms with Crippen LogP contribution in [-0.4, -0.2) is 35.6 Å². The number of nitrogens with one attached hydrogen (secondary N) is 1. The highest BCUT2D eigenvalue weighted by Crippen LogP contribution is 2.02. The van der Waals surface area contributed by atoms with Crippen molar-refractivity contribution in [1.82, 2.24) is 10.2 Å². The van der Waals surface area contributed by atoms with Gasteiger partial charge >= 0.3 is 12.0 Å². The number of nitrogens with zero attached hydrogens (tertiary/aromatic N) is 1. The Morgan fingerprint density at radius 3 is 2.53 bits per heavy atom. The van der Waals surface area contributed by atoms with E-state index < -0.39 is 5.97 Å². The Kier molecular flexibility index (Phi) is 5.00. The van der Waals surface area contributed by atoms with Crippen molar-refractivity contribution in [2.75, 3.05) is 13.6 Å². The van der Waals surface area contributed by atoms with Crippen LogP contribution in [0.15, 0.2) is 30.3 Å². The quantitative estimate of drug-likeness (QED) is 0.809. The van der Waals surface area contributed by atoms with E-state index in [9.17, 15) is 9.59 Å². The topological polar surface area (TPSA) is 69.6 Å². The summed E-state index contributed by atoms with van der Waals surface area (Å²) in [6, 6.07) is 9.32. The van der Waals surface area contributed by atoms with Gasteiger partial charge in [-0.2, -0.15) is 0 Å². The number of aliphatic carboxylic acids is 1. The largest absolute Gasteiger partial charge is 0.481 e. The lowest BCUT2D eigenvalue weighted by molar-refractivity contribution is -0.136. The zero-order chi connectivity index (χ0) is 12.7. The molecule has 1 aromatic carbocycles. The molecule has 0 saturated heterocycles. The van der Waals surface area contributed by atoms with E-state index in [-0.39, 0.29) is 19.0 Å². The summed E-state index contributed by atoms with van der Waals surface area (Å²) in [6.45, 7) is 0.646. The average Bonchev–Trinajstić information content (AvgIpc) is 2.29. The van der Waals surface area contributed by atoms with Crippen molar-refractivity contribution in [1.29, 1.82) is 0 Å². The SMILES string of the molecule is CN(Cc1ccccc1)C(=O)NCCC(=O)O. The lowest BCUT2D eigenvalue weighted by atomic mass is 10.2. The van der Waals surface area contributed by atoms with Crippen LogP contribution in [0.5, 0.6) is 0 Å². The molecular weight excluding hydrogens is 220 g/mol. The smallest absolute Gasteiger partial charge is 0.317 e. The zero-order valence-corrected chi connectivity index (χ0v) is 9.72. The summed E-state index contributed by atoms with van der Waals surface area (Å²) >= 11 is 0. The van der Waals surface area contributed by atoms with Crippen LogP contribution in [0.2, 0.25) is 0 Å². The minimum Gasteiger partial charge on any atom is -0.481 e. The number of carbonyl (C=O) groups is 2. The number of urea groups is 1. The Hall–Kier alpha value is -2.04. The molecule has 0 saturated carbocycles. The molecule has 0 aliphatic carbocycles. The molecule has 5 nitrogen and oxygen atoms in total. The molecule has 0 aliphatic rings. The van der Waals surface area contributed by atoms with Crippen molar-refractivity contribution < 1.29 is 14.7 Å². The number of amides is 2. The summed E-state index contributed by atoms with van der Waals surface area (Å²) in [5, 5.41) is 11.0. The lowest BCUT2D eigenvalue weighted by Gasteiger charge is -2.17. The first-order valence-corrected chi connectivity index (χ1v) is 5.34. The fourth-order valence-electron chi connectivity index (χ4n) is 1.34. The highest BCUT2D eigenvalue weighted by atomic mass is 16.4. The summed E-state index contributed by atoms with van der Waals surface area (Å²) in [7, 11) is 1.67. The Balaban J connectivity index is 2.34. The number of hydrogen-bond donors (Lipinski definition) is 2. The van der Waals surface area contributed by atoms with E-state index in [0.29, 0.717) is 6.54 Å². The molecule has 0 unspecified atom stereocenters. The van der Waals surface area contributed by atoms with Gasteiger partial charge in [-0.15, -0.1) is 0 Å². The van der Waals surface area contributed by atoms with Gasteiger partial charge in [0.25, 0.3) is 0 Å². The maximum atomic E-state index is 11.6. The molecule has 1 rings (SSSR count). The first-order chi connectivity index (χ1) is 8.09. The normalized spacial score (nSPS) is 9.71. The molecule has 0 aromatic heterocycles. The molecule has 0 bridgehead atoms. The molecule has 92 valence electrons. The third-order valence-corrected chi connectivity index (χ3v) is 2.22. The van der Waals surface area contributed by atoms with Gasteiger partial charge in [0.05, 0.1) is 6.42 Å². The summed E-state index contributed by atoms with van der Waals surface area (Å²) in [6.07, 6.45) is -0.0646. The predicted octanol–water partition coefficient (Wildman–Crippen LogP) is 1.30. The van der Waals surface area contributed by atoms with E-state index in [1.165, 1.54) is 4.90 Å². The minimum atomic E-state index is -0.920. The van der Waals surface area contributed by atoms with Crippen molar-refractivity contribution in [3.05, 3.63) is 35.9 Å². The molecular formula is C12H16N2O3. The van der Waals surface area contributed by atoms with Crippen LogP contribution in [-0.2, 0) is 11.3 Å². The average molecular weight is 236 g/mol. The monoisotopic (exact) mass is 236 g/mol. The van der Waals surface area contributed by atoms with Crippen molar-refractivity contribution in [3.8, 4) is 0 Å². The Morgan fingerprint density at radius 2 is 1.94 bits per heavy atom. The van der Waals surface area contributed by atoms with Gasteiger partial charge in [-0.1, -0.05) is 30.3 Å². The third kappa shape index (κ3) is 5.01. The Bertz CT molecular complexity index is 379. The maximum absolute atomic E-state index is 11.6. The first-order valence-electron chi connectivity index (χ1n) is 5.34. The van der Waals surface area contributed by atoms with E-state index in [1.54, 1.807) is 7.05 Å². The van der Waals surface area contributed by atoms with Gasteiger partial charge in [0.15, 0.2) is 0 Å². The third-order valence-electron chi connectivity index (χ3n) is 2.22. The van der Waals surface area contributed by atoms with Crippen LogP contribution >= 0.6 is 0 Å². The number of benzene rings is 1. The fourth-order valence-corrected chi connectivity index (χ4v) is 1.34. The van der Waals surface area contributed by atoms with Crippen LogP contribution in [0, 0.1) is 0 Å². The molecule has 17 heavy (non-hydrogen) atoms. The molecule has 0 heterocycles. The number of rotatable bonds is 5. The molecule has 0 aliphatic heterocycles. The van der Waals surface area contributed by atoms with Crippen LogP contribution < -0.4 is 5.32 Å². The van der Waals surface area contributed by atoms with Crippen molar-refractivity contribution in [2.24, 2.45) is 0 Å². The van der Waals surface area contributed by atoms with Gasteiger partial charge in [0.1, 0.15) is 0 Å². The van der Waals surface area contributed by atoms with Crippen LogP contribution in [0.3, 0.4) is 0 Å². The van der Waals surface area contributed by atoms with E-state index in [1.807, 2.05) is 30.3 Å². The van der Waals surface area contributed by atoms with Gasteiger partial charge in [-0.25, -0.2) is 4.79 Å². The molecule has 2 N–H and O–H groups in total. The molecule has 0 spiro atoms. The minimum absolute atomic E-state index is 0.0646. The number of carboxylic acids is 1. The molecule has 0 fully saturated rings. The van der Waals surface area contributed by atoms with Crippen molar-refractivity contribution in [3.63, 3.8) is 0 Å². The molecule has 2 amide bonds. The van der Waals surface area contributed by atoms with Crippen molar-refractivity contribution >= 4 is 12.0 Å². The Labute approximate surface area is 100 Å². The predicted molar refractivity (Wildman–Crippen MR) is 63.6 cm³/mol. The van der Waals surface area contributed by atoms with E-state index in [0.717, 1.165) is 5.56 Å². The summed E-state index contributed by atoms with van der Waals surface area (Å²) in [5.74, 6) is -0.920. The molecule has 0 radical (unpaired) electrons. The standard InChI is InChI=1S/C12H16N2O3/c1-14(9-10-5-3-2-4-6-10)12(17)13-8-7-11(15)16/h2-6H,7-9H2,1H3,(H,13,17)(H,15,16). The second-order valence-corrected chi connectivity index (χ2v) is 3.72. The van der Waals surface area contributed by atoms with Crippen LogP contribution in [0.25, 0.3) is 0 Å². The summed E-state index contributed by atoms with van der Waals surface area (Å²) in [4.78, 5) is 23.3. The lowest BCUT2D eigenvalue weighted by Crippen LogP contribution is -2.37. The van der Waals surface area contributed by atoms with Gasteiger partial charge < -0.3 is 15.3 Å². The van der Waals surface area contributed by atoms with Crippen LogP contribution in [0.4, 0.5) is 4.79 Å². The fraction of sp³-hybridized carbons (Fsp3) is 0.333. The number of carboxylic acid groups (broad SMARTS) is 1. The molecule has 1 aromatic rings. The second kappa shape index (κ2) is 6.52. The Morgan fingerprint density at radius 1 is 1.29 bits per heavy atom. The van der Waals surface area contributed by atoms with E-state index in [4.69, 9.17) is 5.11 Å². The van der Waals surface area contributed by atoms with E-state index >= 15 is 0 Å². The zero-order valence-electron chi connectivity index (χ0n) is 9.72. The van der Waals surface area contributed by atoms with Gasteiger partial charge in [-0.3, -0.25) is 4.79 Å². The second-order valence-electron chi connectivity index (χ2n) is 3.72. The number of hydrogen-bond acceptors (Lipinski definition) is 2.